The molecule has 0 bridgehead atoms. The number of carboxylic acid groups (broad SMARTS) is 1. The van der Waals surface area contributed by atoms with Gasteiger partial charge in [0.25, 0.3) is 0 Å². The molecule has 9 heteroatoms. The molecular formula is C27H19ClF3NO4. The number of hydrogen-bond acceptors (Lipinski definition) is 3. The second kappa shape index (κ2) is 9.91. The Morgan fingerprint density at radius 1 is 1.06 bits per heavy atom. The van der Waals surface area contributed by atoms with Crippen molar-refractivity contribution in [2.24, 2.45) is 0 Å². The molecule has 0 amide bonds. The zero-order valence-corrected chi connectivity index (χ0v) is 19.6. The van der Waals surface area contributed by atoms with Gasteiger partial charge in [0.05, 0.1) is 11.1 Å². The Labute approximate surface area is 209 Å². The number of aromatic nitrogens is 1. The van der Waals surface area contributed by atoms with Crippen molar-refractivity contribution in [1.82, 2.24) is 4.57 Å². The van der Waals surface area contributed by atoms with Crippen molar-refractivity contribution in [3.05, 3.63) is 106 Å². The number of halogens is 4. The molecule has 1 aromatic heterocycles. The first-order valence-corrected chi connectivity index (χ1v) is 11.1. The zero-order valence-electron chi connectivity index (χ0n) is 18.8. The Balaban J connectivity index is 1.84. The highest BCUT2D eigenvalue weighted by molar-refractivity contribution is 6.30. The van der Waals surface area contributed by atoms with Gasteiger partial charge in [0.15, 0.2) is 5.78 Å². The van der Waals surface area contributed by atoms with E-state index in [1.54, 1.807) is 60.0 Å². The minimum absolute atomic E-state index is 0.223. The molecule has 4 aromatic rings. The van der Waals surface area contributed by atoms with Crippen molar-refractivity contribution < 1.29 is 32.6 Å². The number of benzene rings is 3. The lowest BCUT2D eigenvalue weighted by Crippen LogP contribution is -2.17. The number of ketones is 1. The lowest BCUT2D eigenvalue weighted by atomic mass is 10.0. The van der Waals surface area contributed by atoms with E-state index in [1.807, 2.05) is 0 Å². The number of carboxylic acids is 1. The Bertz CT molecular complexity index is 1490. The molecule has 0 unspecified atom stereocenters. The summed E-state index contributed by atoms with van der Waals surface area (Å²) in [7, 11) is 0. The number of carbonyl (C=O) groups is 2. The Hall–Kier alpha value is -4.04. The molecule has 0 spiro atoms. The molecule has 0 radical (unpaired) electrons. The summed E-state index contributed by atoms with van der Waals surface area (Å²) in [5.41, 5.74) is 3.09. The first kappa shape index (κ1) is 25.1. The third-order valence-corrected chi connectivity index (χ3v) is 5.83. The van der Waals surface area contributed by atoms with E-state index in [4.69, 9.17) is 16.7 Å². The summed E-state index contributed by atoms with van der Waals surface area (Å²) in [6.45, 7) is 1.95. The lowest BCUT2D eigenvalue weighted by Gasteiger charge is -2.12. The van der Waals surface area contributed by atoms with Gasteiger partial charge in [0.2, 0.25) is 0 Å². The Morgan fingerprint density at radius 3 is 2.44 bits per heavy atom. The van der Waals surface area contributed by atoms with E-state index in [9.17, 15) is 22.8 Å². The number of nitrogens with zero attached hydrogens (tertiary/aromatic N) is 1. The first-order valence-electron chi connectivity index (χ1n) is 10.7. The van der Waals surface area contributed by atoms with E-state index in [1.165, 1.54) is 24.3 Å². The van der Waals surface area contributed by atoms with Crippen LogP contribution in [-0.4, -0.2) is 27.8 Å². The van der Waals surface area contributed by atoms with Crippen LogP contribution in [0, 0.1) is 6.92 Å². The highest BCUT2D eigenvalue weighted by Crippen LogP contribution is 2.33. The fraction of sp³-hybridized carbons (Fsp3) is 0.111. The standard InChI is InChI=1S/C27H19ClF3NO4/c1-16-25(26(35)19-6-8-20(28)9-7-19)22-11-10-21(36-27(29,30)31)14-23(22)32(16)15-18-4-2-3-17(13-18)5-12-24(33)34/h2-14H,15H2,1H3,(H,33,34). The molecule has 0 aliphatic carbocycles. The lowest BCUT2D eigenvalue weighted by molar-refractivity contribution is -0.274. The molecule has 0 aliphatic rings. The number of carbonyl (C=O) groups excluding carboxylic acids is 1. The molecule has 5 nitrogen and oxygen atoms in total. The molecule has 184 valence electrons. The van der Waals surface area contributed by atoms with Crippen LogP contribution in [0.25, 0.3) is 17.0 Å². The van der Waals surface area contributed by atoms with Crippen molar-refractivity contribution in [1.29, 1.82) is 0 Å². The maximum Gasteiger partial charge on any atom is 0.573 e. The van der Waals surface area contributed by atoms with Crippen molar-refractivity contribution in [2.75, 3.05) is 0 Å². The summed E-state index contributed by atoms with van der Waals surface area (Å²) in [6, 6.07) is 17.3. The zero-order chi connectivity index (χ0) is 26.0. The minimum Gasteiger partial charge on any atom is -0.478 e. The Morgan fingerprint density at radius 2 is 1.78 bits per heavy atom. The van der Waals surface area contributed by atoms with Gasteiger partial charge in [-0.15, -0.1) is 13.2 Å². The maximum absolute atomic E-state index is 13.4. The molecule has 0 saturated heterocycles. The van der Waals surface area contributed by atoms with Crippen LogP contribution >= 0.6 is 11.6 Å². The predicted octanol–water partition coefficient (Wildman–Crippen LogP) is 6.88. The second-order valence-corrected chi connectivity index (χ2v) is 8.46. The van der Waals surface area contributed by atoms with E-state index in [0.717, 1.165) is 11.6 Å². The monoisotopic (exact) mass is 513 g/mol. The molecule has 0 saturated carbocycles. The number of rotatable bonds is 7. The molecule has 1 N–H and O–H groups in total. The van der Waals surface area contributed by atoms with Crippen molar-refractivity contribution in [3.63, 3.8) is 0 Å². The summed E-state index contributed by atoms with van der Waals surface area (Å²) < 4.78 is 44.5. The van der Waals surface area contributed by atoms with Gasteiger partial charge in [-0.25, -0.2) is 4.79 Å². The van der Waals surface area contributed by atoms with Gasteiger partial charge < -0.3 is 14.4 Å². The van der Waals surface area contributed by atoms with Crippen LogP contribution in [0.5, 0.6) is 5.75 Å². The van der Waals surface area contributed by atoms with E-state index >= 15 is 0 Å². The van der Waals surface area contributed by atoms with Crippen LogP contribution in [0.2, 0.25) is 5.02 Å². The van der Waals surface area contributed by atoms with Gasteiger partial charge in [0, 0.05) is 40.4 Å². The molecule has 36 heavy (non-hydrogen) atoms. The van der Waals surface area contributed by atoms with Crippen LogP contribution in [0.4, 0.5) is 13.2 Å². The number of fused-ring (bicyclic) bond motifs is 1. The summed E-state index contributed by atoms with van der Waals surface area (Å²) >= 11 is 5.95. The Kier molecular flexibility index (Phi) is 6.90. The van der Waals surface area contributed by atoms with Crippen LogP contribution in [-0.2, 0) is 11.3 Å². The minimum atomic E-state index is -4.87. The van der Waals surface area contributed by atoms with Gasteiger partial charge in [-0.3, -0.25) is 4.79 Å². The molecular weight excluding hydrogens is 495 g/mol. The normalized spacial score (nSPS) is 11.8. The highest BCUT2D eigenvalue weighted by Gasteiger charge is 2.31. The van der Waals surface area contributed by atoms with Crippen LogP contribution in [0.3, 0.4) is 0 Å². The van der Waals surface area contributed by atoms with Crippen molar-refractivity contribution in [2.45, 2.75) is 19.8 Å². The molecule has 3 aromatic carbocycles. The SMILES string of the molecule is Cc1c(C(=O)c2ccc(Cl)cc2)c2ccc(OC(F)(F)F)cc2n1Cc1cccc(C=CC(=O)O)c1. The van der Waals surface area contributed by atoms with Gasteiger partial charge in [-0.1, -0.05) is 29.8 Å². The quantitative estimate of drug-likeness (QED) is 0.216. The van der Waals surface area contributed by atoms with Crippen LogP contribution in [0.15, 0.2) is 72.8 Å². The molecule has 0 aliphatic heterocycles. The topological polar surface area (TPSA) is 68.5 Å². The number of hydrogen-bond donors (Lipinski definition) is 1. The van der Waals surface area contributed by atoms with E-state index in [0.29, 0.717) is 38.3 Å². The molecule has 0 atom stereocenters. The van der Waals surface area contributed by atoms with Gasteiger partial charge in [0.1, 0.15) is 5.75 Å². The smallest absolute Gasteiger partial charge is 0.478 e. The predicted molar refractivity (Wildman–Crippen MR) is 130 cm³/mol. The fourth-order valence-electron chi connectivity index (χ4n) is 4.04. The van der Waals surface area contributed by atoms with E-state index in [-0.39, 0.29) is 12.3 Å². The number of ether oxygens (including phenoxy) is 1. The molecule has 0 fully saturated rings. The molecule has 4 rings (SSSR count). The summed E-state index contributed by atoms with van der Waals surface area (Å²) in [6.07, 6.45) is -2.41. The average molecular weight is 514 g/mol. The van der Waals surface area contributed by atoms with Gasteiger partial charge in [-0.05, 0) is 66.6 Å². The van der Waals surface area contributed by atoms with E-state index in [2.05, 4.69) is 4.74 Å². The van der Waals surface area contributed by atoms with Gasteiger partial charge in [-0.2, -0.15) is 0 Å². The largest absolute Gasteiger partial charge is 0.573 e. The summed E-state index contributed by atoms with van der Waals surface area (Å²) in [5.74, 6) is -1.79. The van der Waals surface area contributed by atoms with E-state index < -0.39 is 18.1 Å². The van der Waals surface area contributed by atoms with Crippen molar-refractivity contribution >= 4 is 40.3 Å². The summed E-state index contributed by atoms with van der Waals surface area (Å²) in [5, 5.41) is 9.83. The number of aliphatic carboxylic acids is 1. The number of alkyl halides is 3. The second-order valence-electron chi connectivity index (χ2n) is 8.03. The third kappa shape index (κ3) is 5.60. The summed E-state index contributed by atoms with van der Waals surface area (Å²) in [4.78, 5) is 24.3. The fourth-order valence-corrected chi connectivity index (χ4v) is 4.16. The van der Waals surface area contributed by atoms with Crippen LogP contribution in [0.1, 0.15) is 32.7 Å². The first-order chi connectivity index (χ1) is 17.0. The average Bonchev–Trinajstić information content (AvgIpc) is 3.07. The van der Waals surface area contributed by atoms with Crippen molar-refractivity contribution in [3.8, 4) is 5.75 Å². The maximum atomic E-state index is 13.4. The van der Waals surface area contributed by atoms with Gasteiger partial charge >= 0.3 is 12.3 Å². The van der Waals surface area contributed by atoms with Crippen LogP contribution < -0.4 is 4.74 Å². The molecule has 1 heterocycles. The third-order valence-electron chi connectivity index (χ3n) is 5.57. The highest BCUT2D eigenvalue weighted by atomic mass is 35.5.